The van der Waals surface area contributed by atoms with E-state index in [0.29, 0.717) is 17.0 Å². The Bertz CT molecular complexity index is 1010. The third-order valence-corrected chi connectivity index (χ3v) is 4.23. The number of carbonyl (C=O) groups excluding carboxylic acids is 1. The van der Waals surface area contributed by atoms with Crippen LogP contribution in [0.25, 0.3) is 11.1 Å². The molecule has 26 heavy (non-hydrogen) atoms. The molecule has 5 heteroatoms. The number of nitrogens with one attached hydrogen (secondary N) is 1. The molecule has 0 saturated carbocycles. The summed E-state index contributed by atoms with van der Waals surface area (Å²) in [7, 11) is 3.26. The summed E-state index contributed by atoms with van der Waals surface area (Å²) in [6.07, 6.45) is 1.62. The van der Waals surface area contributed by atoms with Gasteiger partial charge in [0.2, 0.25) is 0 Å². The molecule has 0 bridgehead atoms. The van der Waals surface area contributed by atoms with Crippen LogP contribution in [0.4, 0.5) is 5.69 Å². The second kappa shape index (κ2) is 7.27. The zero-order valence-electron chi connectivity index (χ0n) is 14.9. The number of benzene rings is 2. The Balaban J connectivity index is 1.96. The van der Waals surface area contributed by atoms with Crippen LogP contribution in [0.2, 0.25) is 0 Å². The number of carbonyl (C=O) groups is 1. The smallest absolute Gasteiger partial charge is 0.255 e. The van der Waals surface area contributed by atoms with Crippen molar-refractivity contribution in [2.45, 2.75) is 6.92 Å². The summed E-state index contributed by atoms with van der Waals surface area (Å²) in [4.78, 5) is 24.4. The van der Waals surface area contributed by atoms with E-state index in [1.54, 1.807) is 45.5 Å². The molecule has 0 aliphatic heterocycles. The summed E-state index contributed by atoms with van der Waals surface area (Å²) in [6.45, 7) is 1.79. The molecule has 1 amide bonds. The van der Waals surface area contributed by atoms with Gasteiger partial charge < -0.3 is 14.6 Å². The number of hydrogen-bond donors (Lipinski definition) is 1. The fourth-order valence-corrected chi connectivity index (χ4v) is 2.74. The van der Waals surface area contributed by atoms with E-state index in [-0.39, 0.29) is 11.5 Å². The average Bonchev–Trinajstić information content (AvgIpc) is 2.66. The molecule has 0 aliphatic carbocycles. The lowest BCUT2D eigenvalue weighted by molar-refractivity contribution is 0.102. The summed E-state index contributed by atoms with van der Waals surface area (Å²) in [6, 6.07) is 16.6. The maximum absolute atomic E-state index is 12.7. The molecule has 3 aromatic rings. The minimum atomic E-state index is -0.244. The maximum Gasteiger partial charge on any atom is 0.255 e. The van der Waals surface area contributed by atoms with E-state index >= 15 is 0 Å². The Morgan fingerprint density at radius 3 is 2.50 bits per heavy atom. The zero-order valence-corrected chi connectivity index (χ0v) is 14.9. The van der Waals surface area contributed by atoms with Crippen molar-refractivity contribution in [1.82, 2.24) is 4.57 Å². The number of pyridine rings is 1. The van der Waals surface area contributed by atoms with Crippen LogP contribution in [0.3, 0.4) is 0 Å². The molecule has 0 atom stereocenters. The van der Waals surface area contributed by atoms with Gasteiger partial charge in [0.05, 0.1) is 12.8 Å². The number of hydrogen-bond acceptors (Lipinski definition) is 3. The quantitative estimate of drug-likeness (QED) is 0.783. The maximum atomic E-state index is 12.7. The van der Waals surface area contributed by atoms with Crippen molar-refractivity contribution < 1.29 is 9.53 Å². The first kappa shape index (κ1) is 17.5. The Kier molecular flexibility index (Phi) is 4.89. The molecule has 0 fully saturated rings. The topological polar surface area (TPSA) is 60.3 Å². The van der Waals surface area contributed by atoms with Crippen molar-refractivity contribution in [2.75, 3.05) is 12.4 Å². The number of aromatic nitrogens is 1. The van der Waals surface area contributed by atoms with Crippen molar-refractivity contribution in [3.8, 4) is 16.9 Å². The van der Waals surface area contributed by atoms with Gasteiger partial charge >= 0.3 is 0 Å². The van der Waals surface area contributed by atoms with Crippen LogP contribution < -0.4 is 15.6 Å². The Morgan fingerprint density at radius 2 is 1.81 bits per heavy atom. The SMILES string of the molecule is COc1ccc(C(=O)Nc2cn(C)c(=O)cc2C)cc1-c1ccccc1. The summed E-state index contributed by atoms with van der Waals surface area (Å²) in [5.74, 6) is 0.456. The van der Waals surface area contributed by atoms with Gasteiger partial charge in [-0.15, -0.1) is 0 Å². The normalized spacial score (nSPS) is 10.4. The van der Waals surface area contributed by atoms with Crippen molar-refractivity contribution in [1.29, 1.82) is 0 Å². The zero-order chi connectivity index (χ0) is 18.7. The molecule has 0 saturated heterocycles. The van der Waals surface area contributed by atoms with Gasteiger partial charge in [0, 0.05) is 30.4 Å². The third kappa shape index (κ3) is 3.52. The molecule has 0 radical (unpaired) electrons. The number of amides is 1. The minimum absolute atomic E-state index is 0.115. The fourth-order valence-electron chi connectivity index (χ4n) is 2.74. The minimum Gasteiger partial charge on any atom is -0.496 e. The standard InChI is InChI=1S/C21H20N2O3/c1-14-11-20(24)23(2)13-18(14)22-21(25)16-9-10-19(26-3)17(12-16)15-7-5-4-6-8-15/h4-13H,1-3H3,(H,22,25). The molecule has 0 aliphatic rings. The van der Waals surface area contributed by atoms with Crippen LogP contribution in [0.1, 0.15) is 15.9 Å². The molecule has 0 spiro atoms. The number of anilines is 1. The predicted molar refractivity (Wildman–Crippen MR) is 103 cm³/mol. The monoisotopic (exact) mass is 348 g/mol. The Morgan fingerprint density at radius 1 is 1.08 bits per heavy atom. The molecule has 1 N–H and O–H groups in total. The molecule has 1 heterocycles. The van der Waals surface area contributed by atoms with E-state index in [0.717, 1.165) is 16.7 Å². The Labute approximate surface area is 151 Å². The molecular weight excluding hydrogens is 328 g/mol. The third-order valence-electron chi connectivity index (χ3n) is 4.23. The van der Waals surface area contributed by atoms with E-state index in [2.05, 4.69) is 5.32 Å². The number of nitrogens with zero attached hydrogens (tertiary/aromatic N) is 1. The van der Waals surface area contributed by atoms with Gasteiger partial charge in [-0.3, -0.25) is 9.59 Å². The summed E-state index contributed by atoms with van der Waals surface area (Å²) in [5, 5.41) is 2.87. The molecule has 132 valence electrons. The lowest BCUT2D eigenvalue weighted by atomic mass is 10.0. The predicted octanol–water partition coefficient (Wildman–Crippen LogP) is 3.62. The van der Waals surface area contributed by atoms with Crippen LogP contribution in [0.5, 0.6) is 5.75 Å². The van der Waals surface area contributed by atoms with Gasteiger partial charge in [-0.2, -0.15) is 0 Å². The number of aryl methyl sites for hydroxylation is 2. The van der Waals surface area contributed by atoms with E-state index in [4.69, 9.17) is 4.74 Å². The van der Waals surface area contributed by atoms with Gasteiger partial charge in [0.15, 0.2) is 0 Å². The van der Waals surface area contributed by atoms with E-state index < -0.39 is 0 Å². The first-order valence-corrected chi connectivity index (χ1v) is 8.21. The van der Waals surface area contributed by atoms with Crippen molar-refractivity contribution in [2.24, 2.45) is 7.05 Å². The second-order valence-corrected chi connectivity index (χ2v) is 6.05. The molecule has 0 unspecified atom stereocenters. The van der Waals surface area contributed by atoms with Gasteiger partial charge in [0.1, 0.15) is 5.75 Å². The van der Waals surface area contributed by atoms with Crippen LogP contribution >= 0.6 is 0 Å². The van der Waals surface area contributed by atoms with Crippen molar-refractivity contribution in [3.63, 3.8) is 0 Å². The summed E-state index contributed by atoms with van der Waals surface area (Å²) >= 11 is 0. The van der Waals surface area contributed by atoms with Crippen LogP contribution in [-0.4, -0.2) is 17.6 Å². The van der Waals surface area contributed by atoms with Gasteiger partial charge in [-0.05, 0) is 36.2 Å². The van der Waals surface area contributed by atoms with Crippen LogP contribution in [0, 0.1) is 6.92 Å². The van der Waals surface area contributed by atoms with Gasteiger partial charge in [-0.1, -0.05) is 30.3 Å². The Hall–Kier alpha value is -3.34. The van der Waals surface area contributed by atoms with Gasteiger partial charge in [0.25, 0.3) is 11.5 Å². The molecular formula is C21H20N2O3. The van der Waals surface area contributed by atoms with E-state index in [9.17, 15) is 9.59 Å². The van der Waals surface area contributed by atoms with E-state index in [1.807, 2.05) is 30.3 Å². The van der Waals surface area contributed by atoms with Crippen molar-refractivity contribution >= 4 is 11.6 Å². The van der Waals surface area contributed by atoms with E-state index in [1.165, 1.54) is 10.6 Å². The molecule has 3 rings (SSSR count). The molecule has 5 nitrogen and oxygen atoms in total. The second-order valence-electron chi connectivity index (χ2n) is 6.05. The van der Waals surface area contributed by atoms with Gasteiger partial charge in [-0.25, -0.2) is 0 Å². The number of methoxy groups -OCH3 is 1. The summed E-state index contributed by atoms with van der Waals surface area (Å²) in [5.41, 5.74) is 3.54. The average molecular weight is 348 g/mol. The number of rotatable bonds is 4. The van der Waals surface area contributed by atoms with Crippen LogP contribution in [-0.2, 0) is 7.05 Å². The van der Waals surface area contributed by atoms with Crippen LogP contribution in [0.15, 0.2) is 65.6 Å². The first-order valence-electron chi connectivity index (χ1n) is 8.21. The number of ether oxygens (including phenoxy) is 1. The first-order chi connectivity index (χ1) is 12.5. The lowest BCUT2D eigenvalue weighted by Gasteiger charge is -2.13. The fraction of sp³-hybridized carbons (Fsp3) is 0.143. The largest absolute Gasteiger partial charge is 0.496 e. The highest BCUT2D eigenvalue weighted by Crippen LogP contribution is 2.31. The summed E-state index contributed by atoms with van der Waals surface area (Å²) < 4.78 is 6.87. The lowest BCUT2D eigenvalue weighted by Crippen LogP contribution is -2.19. The molecule has 2 aromatic carbocycles. The molecule has 1 aromatic heterocycles. The highest BCUT2D eigenvalue weighted by molar-refractivity contribution is 6.05. The highest BCUT2D eigenvalue weighted by Gasteiger charge is 2.13. The highest BCUT2D eigenvalue weighted by atomic mass is 16.5. The van der Waals surface area contributed by atoms with Crippen molar-refractivity contribution in [3.05, 3.63) is 82.3 Å².